The topological polar surface area (TPSA) is 77.2 Å². The van der Waals surface area contributed by atoms with Crippen molar-refractivity contribution in [1.29, 1.82) is 0 Å². The van der Waals surface area contributed by atoms with Crippen molar-refractivity contribution in [2.24, 2.45) is 5.73 Å². The number of aryl methyl sites for hydroxylation is 1. The molecule has 2 aromatic rings. The van der Waals surface area contributed by atoms with Crippen LogP contribution < -0.4 is 15.8 Å². The molecular weight excluding hydrogens is 314 g/mol. The van der Waals surface area contributed by atoms with Gasteiger partial charge in [0.25, 0.3) is 0 Å². The van der Waals surface area contributed by atoms with E-state index in [1.807, 2.05) is 38.1 Å². The van der Waals surface area contributed by atoms with Crippen molar-refractivity contribution in [3.63, 3.8) is 0 Å². The molecule has 0 saturated carbocycles. The van der Waals surface area contributed by atoms with E-state index in [9.17, 15) is 4.79 Å². The summed E-state index contributed by atoms with van der Waals surface area (Å²) < 4.78 is 5.63. The van der Waals surface area contributed by atoms with Gasteiger partial charge in [-0.05, 0) is 31.5 Å². The Morgan fingerprint density at radius 3 is 2.52 bits per heavy atom. The van der Waals surface area contributed by atoms with Crippen LogP contribution in [0, 0.1) is 6.92 Å². The van der Waals surface area contributed by atoms with Crippen molar-refractivity contribution < 1.29 is 9.53 Å². The molecule has 1 aromatic heterocycles. The van der Waals surface area contributed by atoms with Crippen LogP contribution in [0.15, 0.2) is 42.6 Å². The van der Waals surface area contributed by atoms with Gasteiger partial charge in [-0.2, -0.15) is 0 Å². The van der Waals surface area contributed by atoms with E-state index < -0.39 is 6.04 Å². The largest absolute Gasteiger partial charge is 0.439 e. The van der Waals surface area contributed by atoms with Gasteiger partial charge in [-0.1, -0.05) is 31.0 Å². The Morgan fingerprint density at radius 1 is 1.26 bits per heavy atom. The van der Waals surface area contributed by atoms with Gasteiger partial charge in [-0.25, -0.2) is 4.98 Å². The summed E-state index contributed by atoms with van der Waals surface area (Å²) in [5.41, 5.74) is 7.54. The SMILES string of the molecule is CCCC(N)C(=O)Nc1ccc(Oc2ccc(C)cc2)nc1.Cl. The molecule has 3 N–H and O–H groups in total. The second kappa shape index (κ2) is 9.12. The fraction of sp³-hybridized carbons (Fsp3) is 0.294. The van der Waals surface area contributed by atoms with E-state index in [1.54, 1.807) is 18.3 Å². The van der Waals surface area contributed by atoms with Crippen LogP contribution in [-0.4, -0.2) is 16.9 Å². The van der Waals surface area contributed by atoms with Crippen LogP contribution in [0.2, 0.25) is 0 Å². The maximum absolute atomic E-state index is 11.8. The van der Waals surface area contributed by atoms with Gasteiger partial charge in [0, 0.05) is 6.07 Å². The molecule has 0 radical (unpaired) electrons. The number of carbonyl (C=O) groups is 1. The first-order valence-corrected chi connectivity index (χ1v) is 7.35. The number of carbonyl (C=O) groups excluding carboxylic acids is 1. The van der Waals surface area contributed by atoms with Crippen molar-refractivity contribution in [1.82, 2.24) is 4.98 Å². The van der Waals surface area contributed by atoms with Gasteiger partial charge >= 0.3 is 0 Å². The molecule has 1 aromatic carbocycles. The number of pyridine rings is 1. The first-order valence-electron chi connectivity index (χ1n) is 7.35. The number of nitrogens with one attached hydrogen (secondary N) is 1. The van der Waals surface area contributed by atoms with E-state index in [-0.39, 0.29) is 18.3 Å². The lowest BCUT2D eigenvalue weighted by Crippen LogP contribution is -2.35. The number of hydrogen-bond donors (Lipinski definition) is 2. The van der Waals surface area contributed by atoms with Gasteiger partial charge in [-0.3, -0.25) is 4.79 Å². The van der Waals surface area contributed by atoms with E-state index in [0.29, 0.717) is 18.0 Å². The predicted molar refractivity (Wildman–Crippen MR) is 94.3 cm³/mol. The normalized spacial score (nSPS) is 11.3. The molecule has 0 saturated heterocycles. The van der Waals surface area contributed by atoms with Crippen LogP contribution in [-0.2, 0) is 4.79 Å². The fourth-order valence-electron chi connectivity index (χ4n) is 1.92. The van der Waals surface area contributed by atoms with E-state index in [4.69, 9.17) is 10.5 Å². The van der Waals surface area contributed by atoms with Crippen molar-refractivity contribution in [2.75, 3.05) is 5.32 Å². The Bertz CT molecular complexity index is 615. The number of nitrogens with two attached hydrogens (primary N) is 1. The molecule has 0 aliphatic heterocycles. The lowest BCUT2D eigenvalue weighted by atomic mass is 10.1. The van der Waals surface area contributed by atoms with Crippen molar-refractivity contribution in [3.8, 4) is 11.6 Å². The summed E-state index contributed by atoms with van der Waals surface area (Å²) >= 11 is 0. The van der Waals surface area contributed by atoms with E-state index in [0.717, 1.165) is 12.2 Å². The number of anilines is 1. The molecule has 0 spiro atoms. The molecule has 1 heterocycles. The first kappa shape index (κ1) is 18.9. The van der Waals surface area contributed by atoms with E-state index in [1.165, 1.54) is 5.56 Å². The van der Waals surface area contributed by atoms with Crippen molar-refractivity contribution in [2.45, 2.75) is 32.7 Å². The average Bonchev–Trinajstić information content (AvgIpc) is 2.51. The van der Waals surface area contributed by atoms with Crippen LogP contribution in [0.5, 0.6) is 11.6 Å². The van der Waals surface area contributed by atoms with Gasteiger partial charge in [0.15, 0.2) is 0 Å². The smallest absolute Gasteiger partial charge is 0.241 e. The highest BCUT2D eigenvalue weighted by molar-refractivity contribution is 5.94. The number of rotatable bonds is 6. The Labute approximate surface area is 142 Å². The van der Waals surface area contributed by atoms with Crippen molar-refractivity contribution >= 4 is 24.0 Å². The quantitative estimate of drug-likeness (QED) is 0.844. The number of benzene rings is 1. The molecule has 0 fully saturated rings. The molecule has 1 amide bonds. The zero-order chi connectivity index (χ0) is 15.9. The number of halogens is 1. The molecule has 5 nitrogen and oxygen atoms in total. The maximum Gasteiger partial charge on any atom is 0.241 e. The van der Waals surface area contributed by atoms with E-state index >= 15 is 0 Å². The Balaban J connectivity index is 0.00000264. The molecule has 124 valence electrons. The maximum atomic E-state index is 11.8. The third kappa shape index (κ3) is 5.88. The number of nitrogens with zero attached hydrogens (tertiary/aromatic N) is 1. The number of ether oxygens (including phenoxy) is 1. The molecule has 0 aliphatic rings. The molecule has 2 rings (SSSR count). The highest BCUT2D eigenvalue weighted by Gasteiger charge is 2.12. The van der Waals surface area contributed by atoms with Crippen molar-refractivity contribution in [3.05, 3.63) is 48.2 Å². The molecule has 0 aliphatic carbocycles. The highest BCUT2D eigenvalue weighted by atomic mass is 35.5. The van der Waals surface area contributed by atoms with Gasteiger partial charge < -0.3 is 15.8 Å². The van der Waals surface area contributed by atoms with E-state index in [2.05, 4.69) is 10.3 Å². The second-order valence-electron chi connectivity index (χ2n) is 5.18. The summed E-state index contributed by atoms with van der Waals surface area (Å²) in [4.78, 5) is 16.0. The number of aromatic nitrogens is 1. The average molecular weight is 336 g/mol. The molecule has 6 heteroatoms. The minimum Gasteiger partial charge on any atom is -0.439 e. The molecule has 0 bridgehead atoms. The van der Waals surface area contributed by atoms with Crippen LogP contribution in [0.3, 0.4) is 0 Å². The summed E-state index contributed by atoms with van der Waals surface area (Å²) in [6, 6.07) is 10.7. The summed E-state index contributed by atoms with van der Waals surface area (Å²) in [7, 11) is 0. The zero-order valence-corrected chi connectivity index (χ0v) is 14.1. The van der Waals surface area contributed by atoms with Crippen LogP contribution >= 0.6 is 12.4 Å². The third-order valence-corrected chi connectivity index (χ3v) is 3.18. The lowest BCUT2D eigenvalue weighted by Gasteiger charge is -2.11. The van der Waals surface area contributed by atoms with Crippen LogP contribution in [0.25, 0.3) is 0 Å². The molecule has 23 heavy (non-hydrogen) atoms. The molecule has 1 atom stereocenters. The lowest BCUT2D eigenvalue weighted by molar-refractivity contribution is -0.117. The summed E-state index contributed by atoms with van der Waals surface area (Å²) in [6.45, 7) is 4.01. The summed E-state index contributed by atoms with van der Waals surface area (Å²) in [5, 5.41) is 2.74. The monoisotopic (exact) mass is 335 g/mol. The summed E-state index contributed by atoms with van der Waals surface area (Å²) in [5.74, 6) is 0.996. The first-order chi connectivity index (χ1) is 10.6. The second-order valence-corrected chi connectivity index (χ2v) is 5.18. The fourth-order valence-corrected chi connectivity index (χ4v) is 1.92. The van der Waals surface area contributed by atoms with Gasteiger partial charge in [0.1, 0.15) is 5.75 Å². The number of hydrogen-bond acceptors (Lipinski definition) is 4. The van der Waals surface area contributed by atoms with Crippen LogP contribution in [0.4, 0.5) is 5.69 Å². The minimum atomic E-state index is -0.492. The third-order valence-electron chi connectivity index (χ3n) is 3.18. The van der Waals surface area contributed by atoms with Crippen LogP contribution in [0.1, 0.15) is 25.3 Å². The molecular formula is C17H22ClN3O2. The highest BCUT2D eigenvalue weighted by Crippen LogP contribution is 2.20. The van der Waals surface area contributed by atoms with Gasteiger partial charge in [-0.15, -0.1) is 12.4 Å². The standard InChI is InChI=1S/C17H21N3O2.ClH/c1-3-4-15(18)17(21)20-13-7-10-16(19-11-13)22-14-8-5-12(2)6-9-14;/h5-11,15H,3-4,18H2,1-2H3,(H,20,21);1H. The minimum absolute atomic E-state index is 0. The van der Waals surface area contributed by atoms with Gasteiger partial charge in [0.05, 0.1) is 17.9 Å². The number of amides is 1. The Morgan fingerprint density at radius 2 is 1.96 bits per heavy atom. The van der Waals surface area contributed by atoms with Gasteiger partial charge in [0.2, 0.25) is 11.8 Å². The molecule has 1 unspecified atom stereocenters. The predicted octanol–water partition coefficient (Wildman–Crippen LogP) is 3.67. The Hall–Kier alpha value is -2.11. The Kier molecular flexibility index (Phi) is 7.51. The summed E-state index contributed by atoms with van der Waals surface area (Å²) in [6.07, 6.45) is 3.09. The zero-order valence-electron chi connectivity index (χ0n) is 13.3.